The van der Waals surface area contributed by atoms with E-state index in [0.717, 1.165) is 26.1 Å². The van der Waals surface area contributed by atoms with E-state index in [9.17, 15) is 9.59 Å². The van der Waals surface area contributed by atoms with Crippen molar-refractivity contribution in [2.24, 2.45) is 0 Å². The molecule has 25 heavy (non-hydrogen) atoms. The van der Waals surface area contributed by atoms with Crippen molar-refractivity contribution in [3.63, 3.8) is 0 Å². The Morgan fingerprint density at radius 3 is 2.56 bits per heavy atom. The second-order valence-electron chi connectivity index (χ2n) is 6.32. The van der Waals surface area contributed by atoms with E-state index in [1.165, 1.54) is 0 Å². The number of aryl methyl sites for hydroxylation is 1. The maximum absolute atomic E-state index is 12.6. The fourth-order valence-corrected chi connectivity index (χ4v) is 3.15. The van der Waals surface area contributed by atoms with Gasteiger partial charge in [-0.1, -0.05) is 18.2 Å². The lowest BCUT2D eigenvalue weighted by molar-refractivity contribution is 0.0655. The number of benzene rings is 1. The Kier molecular flexibility index (Phi) is 5.19. The zero-order chi connectivity index (χ0) is 17.8. The van der Waals surface area contributed by atoms with E-state index in [2.05, 4.69) is 4.90 Å². The molecule has 0 unspecified atom stereocenters. The van der Waals surface area contributed by atoms with E-state index in [4.69, 9.17) is 9.52 Å². The Labute approximate surface area is 146 Å². The maximum atomic E-state index is 12.6. The summed E-state index contributed by atoms with van der Waals surface area (Å²) in [5.41, 5.74) is 1.35. The number of hydrogen-bond acceptors (Lipinski definition) is 4. The van der Waals surface area contributed by atoms with Crippen LogP contribution in [0.1, 0.15) is 38.7 Å². The molecule has 0 radical (unpaired) electrons. The summed E-state index contributed by atoms with van der Waals surface area (Å²) in [4.78, 5) is 27.7. The average molecular weight is 342 g/mol. The summed E-state index contributed by atoms with van der Waals surface area (Å²) < 4.78 is 5.44. The molecule has 1 N–H and O–H groups in total. The lowest BCUT2D eigenvalue weighted by Crippen LogP contribution is -2.35. The Morgan fingerprint density at radius 2 is 1.88 bits per heavy atom. The number of hydrogen-bond donors (Lipinski definition) is 1. The molecule has 6 heteroatoms. The molecule has 1 aromatic carbocycles. The highest BCUT2D eigenvalue weighted by Gasteiger charge is 2.22. The number of furan rings is 1. The molecule has 2 aromatic rings. The fourth-order valence-electron chi connectivity index (χ4n) is 3.15. The lowest BCUT2D eigenvalue weighted by atomic mass is 10.2. The molecule has 1 aliphatic heterocycles. The van der Waals surface area contributed by atoms with Gasteiger partial charge in [-0.05, 0) is 31.5 Å². The maximum Gasteiger partial charge on any atom is 0.372 e. The molecule has 1 amide bonds. The highest BCUT2D eigenvalue weighted by Crippen LogP contribution is 2.18. The SMILES string of the molecule is Cc1cc(CN2CCCN(C(=O)c3ccccc3)CC2)oc1C(=O)O. The number of carboxylic acids is 1. The number of carbonyl (C=O) groups excluding carboxylic acids is 1. The normalized spacial score (nSPS) is 15.8. The van der Waals surface area contributed by atoms with E-state index >= 15 is 0 Å². The first-order chi connectivity index (χ1) is 12.0. The third-order valence-electron chi connectivity index (χ3n) is 4.44. The van der Waals surface area contributed by atoms with Crippen LogP contribution in [0.3, 0.4) is 0 Å². The smallest absolute Gasteiger partial charge is 0.372 e. The first-order valence-electron chi connectivity index (χ1n) is 8.44. The van der Waals surface area contributed by atoms with Gasteiger partial charge in [-0.15, -0.1) is 0 Å². The van der Waals surface area contributed by atoms with Gasteiger partial charge in [-0.2, -0.15) is 0 Å². The van der Waals surface area contributed by atoms with Crippen LogP contribution in [-0.2, 0) is 6.54 Å². The molecule has 0 bridgehead atoms. The van der Waals surface area contributed by atoms with Crippen molar-refractivity contribution in [1.82, 2.24) is 9.80 Å². The van der Waals surface area contributed by atoms with Crippen LogP contribution in [0, 0.1) is 6.92 Å². The molecule has 1 aliphatic rings. The molecular formula is C19H22N2O4. The summed E-state index contributed by atoms with van der Waals surface area (Å²) in [7, 11) is 0. The van der Waals surface area contributed by atoms with E-state index < -0.39 is 5.97 Å². The van der Waals surface area contributed by atoms with Gasteiger partial charge in [-0.3, -0.25) is 9.69 Å². The summed E-state index contributed by atoms with van der Waals surface area (Å²) in [6.45, 7) is 5.25. The first-order valence-corrected chi connectivity index (χ1v) is 8.44. The van der Waals surface area contributed by atoms with Crippen molar-refractivity contribution in [1.29, 1.82) is 0 Å². The van der Waals surface area contributed by atoms with E-state index in [1.54, 1.807) is 13.0 Å². The molecule has 1 saturated heterocycles. The zero-order valence-electron chi connectivity index (χ0n) is 14.3. The third kappa shape index (κ3) is 4.09. The molecule has 0 atom stereocenters. The molecule has 6 nitrogen and oxygen atoms in total. The van der Waals surface area contributed by atoms with Gasteiger partial charge in [0.15, 0.2) is 0 Å². The summed E-state index contributed by atoms with van der Waals surface area (Å²) in [6.07, 6.45) is 0.879. The van der Waals surface area contributed by atoms with Crippen LogP contribution in [0.4, 0.5) is 0 Å². The van der Waals surface area contributed by atoms with Gasteiger partial charge < -0.3 is 14.4 Å². The number of nitrogens with zero attached hydrogens (tertiary/aromatic N) is 2. The van der Waals surface area contributed by atoms with Crippen molar-refractivity contribution in [2.45, 2.75) is 19.9 Å². The van der Waals surface area contributed by atoms with Crippen LogP contribution < -0.4 is 0 Å². The minimum Gasteiger partial charge on any atom is -0.475 e. The standard InChI is InChI=1S/C19H22N2O4/c1-14-12-16(25-17(14)19(23)24)13-20-8-5-9-21(11-10-20)18(22)15-6-3-2-4-7-15/h2-4,6-7,12H,5,8-11,13H2,1H3,(H,23,24). The quantitative estimate of drug-likeness (QED) is 0.924. The number of amides is 1. The highest BCUT2D eigenvalue weighted by molar-refractivity contribution is 5.94. The van der Waals surface area contributed by atoms with Gasteiger partial charge in [0.05, 0.1) is 6.54 Å². The number of carbonyl (C=O) groups is 2. The molecule has 132 valence electrons. The summed E-state index contributed by atoms with van der Waals surface area (Å²) >= 11 is 0. The zero-order valence-corrected chi connectivity index (χ0v) is 14.3. The van der Waals surface area contributed by atoms with Crippen LogP contribution in [0.2, 0.25) is 0 Å². The predicted molar refractivity (Wildman–Crippen MR) is 92.6 cm³/mol. The van der Waals surface area contributed by atoms with Gasteiger partial charge in [0.25, 0.3) is 5.91 Å². The molecule has 0 saturated carbocycles. The molecule has 1 fully saturated rings. The van der Waals surface area contributed by atoms with Crippen LogP contribution in [0.5, 0.6) is 0 Å². The van der Waals surface area contributed by atoms with E-state index in [1.807, 2.05) is 35.2 Å². The van der Waals surface area contributed by atoms with Crippen molar-refractivity contribution in [2.75, 3.05) is 26.2 Å². The monoisotopic (exact) mass is 342 g/mol. The third-order valence-corrected chi connectivity index (χ3v) is 4.44. The minimum absolute atomic E-state index is 0.00528. The molecular weight excluding hydrogens is 320 g/mol. The number of carboxylic acid groups (broad SMARTS) is 1. The van der Waals surface area contributed by atoms with Crippen LogP contribution in [-0.4, -0.2) is 53.0 Å². The molecule has 0 aliphatic carbocycles. The van der Waals surface area contributed by atoms with Crippen LogP contribution in [0.15, 0.2) is 40.8 Å². The Balaban J connectivity index is 1.61. The fraction of sp³-hybridized carbons (Fsp3) is 0.368. The van der Waals surface area contributed by atoms with E-state index in [-0.39, 0.29) is 11.7 Å². The van der Waals surface area contributed by atoms with Crippen molar-refractivity contribution >= 4 is 11.9 Å². The van der Waals surface area contributed by atoms with Crippen molar-refractivity contribution in [3.8, 4) is 0 Å². The van der Waals surface area contributed by atoms with Crippen molar-refractivity contribution < 1.29 is 19.1 Å². The molecule has 0 spiro atoms. The van der Waals surface area contributed by atoms with E-state index in [0.29, 0.717) is 30.0 Å². The average Bonchev–Trinajstić information content (AvgIpc) is 2.82. The minimum atomic E-state index is -1.04. The number of aromatic carboxylic acids is 1. The highest BCUT2D eigenvalue weighted by atomic mass is 16.4. The van der Waals surface area contributed by atoms with Crippen LogP contribution >= 0.6 is 0 Å². The van der Waals surface area contributed by atoms with Gasteiger partial charge in [-0.25, -0.2) is 4.79 Å². The summed E-state index contributed by atoms with van der Waals surface area (Å²) in [5.74, 6) is -0.327. The van der Waals surface area contributed by atoms with Gasteiger partial charge in [0.2, 0.25) is 5.76 Å². The predicted octanol–water partition coefficient (Wildman–Crippen LogP) is 2.63. The van der Waals surface area contributed by atoms with Crippen molar-refractivity contribution in [3.05, 3.63) is 59.0 Å². The molecule has 3 rings (SSSR count). The Hall–Kier alpha value is -2.60. The van der Waals surface area contributed by atoms with Gasteiger partial charge in [0, 0.05) is 37.3 Å². The number of rotatable bonds is 4. The lowest BCUT2D eigenvalue weighted by Gasteiger charge is -2.21. The summed E-state index contributed by atoms with van der Waals surface area (Å²) in [6, 6.07) is 11.1. The first kappa shape index (κ1) is 17.2. The largest absolute Gasteiger partial charge is 0.475 e. The molecule has 2 heterocycles. The Morgan fingerprint density at radius 1 is 1.12 bits per heavy atom. The van der Waals surface area contributed by atoms with Crippen LogP contribution in [0.25, 0.3) is 0 Å². The van der Waals surface area contributed by atoms with Gasteiger partial charge in [0.1, 0.15) is 5.76 Å². The Bertz CT molecular complexity index is 754. The topological polar surface area (TPSA) is 74.0 Å². The second-order valence-corrected chi connectivity index (χ2v) is 6.32. The molecule has 1 aromatic heterocycles. The van der Waals surface area contributed by atoms with Gasteiger partial charge >= 0.3 is 5.97 Å². The second kappa shape index (κ2) is 7.53. The summed E-state index contributed by atoms with van der Waals surface area (Å²) in [5, 5.41) is 9.08.